The summed E-state index contributed by atoms with van der Waals surface area (Å²) in [6.45, 7) is 7.77. The van der Waals surface area contributed by atoms with E-state index in [4.69, 9.17) is 9.47 Å². The van der Waals surface area contributed by atoms with Crippen LogP contribution in [-0.2, 0) is 19.1 Å². The lowest BCUT2D eigenvalue weighted by atomic mass is 9.97. The summed E-state index contributed by atoms with van der Waals surface area (Å²) in [6, 6.07) is 19.6. The molecule has 0 fully saturated rings. The number of rotatable bonds is 15. The van der Waals surface area contributed by atoms with Gasteiger partial charge in [0.25, 0.3) is 0 Å². The van der Waals surface area contributed by atoms with Crippen LogP contribution in [0.25, 0.3) is 0 Å². The van der Waals surface area contributed by atoms with E-state index >= 15 is 0 Å². The van der Waals surface area contributed by atoms with Crippen molar-refractivity contribution < 1.29 is 19.1 Å². The molecular formula is C28H42Cl2N2O4. The summed E-state index contributed by atoms with van der Waals surface area (Å²) in [6.07, 6.45) is 1.44. The lowest BCUT2D eigenvalue weighted by molar-refractivity contribution is -0.147. The Labute approximate surface area is 229 Å². The molecule has 0 aliphatic heterocycles. The zero-order valence-electron chi connectivity index (χ0n) is 21.9. The van der Waals surface area contributed by atoms with E-state index in [2.05, 4.69) is 9.80 Å². The monoisotopic (exact) mass is 540 g/mol. The van der Waals surface area contributed by atoms with E-state index in [0.29, 0.717) is 26.3 Å². The maximum atomic E-state index is 12.5. The van der Waals surface area contributed by atoms with Crippen molar-refractivity contribution in [2.75, 3.05) is 53.5 Å². The molecule has 0 amide bonds. The Balaban J connectivity index is 0.00000612. The molecule has 2 aromatic carbocycles. The van der Waals surface area contributed by atoms with Crippen LogP contribution in [-0.4, -0.2) is 75.2 Å². The van der Waals surface area contributed by atoms with Gasteiger partial charge in [-0.05, 0) is 38.1 Å². The second-order valence-corrected chi connectivity index (χ2v) is 8.68. The molecule has 0 bridgehead atoms. The van der Waals surface area contributed by atoms with Crippen molar-refractivity contribution >= 4 is 36.8 Å². The Morgan fingerprint density at radius 3 is 1.28 bits per heavy atom. The minimum atomic E-state index is -0.213. The first kappa shape index (κ1) is 33.9. The fourth-order valence-corrected chi connectivity index (χ4v) is 3.82. The summed E-state index contributed by atoms with van der Waals surface area (Å²) in [5, 5.41) is 0. The number of ether oxygens (including phenoxy) is 2. The number of esters is 2. The van der Waals surface area contributed by atoms with Gasteiger partial charge in [-0.2, -0.15) is 0 Å². The summed E-state index contributed by atoms with van der Waals surface area (Å²) >= 11 is 0. The number of carbonyl (C=O) groups excluding carboxylic acids is 2. The Kier molecular flexibility index (Phi) is 17.9. The molecule has 2 unspecified atom stereocenters. The molecule has 36 heavy (non-hydrogen) atoms. The summed E-state index contributed by atoms with van der Waals surface area (Å²) in [7, 11) is 4.03. The highest BCUT2D eigenvalue weighted by Crippen LogP contribution is 2.21. The molecule has 0 N–H and O–H groups in total. The van der Waals surface area contributed by atoms with Crippen LogP contribution in [0.5, 0.6) is 0 Å². The predicted octanol–water partition coefficient (Wildman–Crippen LogP) is 5.17. The molecule has 202 valence electrons. The van der Waals surface area contributed by atoms with Gasteiger partial charge < -0.3 is 19.3 Å². The van der Waals surface area contributed by atoms with Crippen LogP contribution in [0, 0.1) is 0 Å². The first-order valence-electron chi connectivity index (χ1n) is 12.3. The van der Waals surface area contributed by atoms with Crippen molar-refractivity contribution in [3.63, 3.8) is 0 Å². The van der Waals surface area contributed by atoms with Crippen LogP contribution in [0.1, 0.15) is 49.7 Å². The maximum Gasteiger partial charge on any atom is 0.313 e. The van der Waals surface area contributed by atoms with Crippen molar-refractivity contribution in [1.82, 2.24) is 9.80 Å². The van der Waals surface area contributed by atoms with E-state index < -0.39 is 0 Å². The lowest BCUT2D eigenvalue weighted by Gasteiger charge is -2.22. The van der Waals surface area contributed by atoms with E-state index in [-0.39, 0.29) is 48.6 Å². The molecule has 8 heteroatoms. The molecule has 2 rings (SSSR count). The van der Waals surface area contributed by atoms with Gasteiger partial charge in [0.15, 0.2) is 0 Å². The summed E-state index contributed by atoms with van der Waals surface area (Å²) in [4.78, 5) is 29.2. The van der Waals surface area contributed by atoms with Gasteiger partial charge in [0.2, 0.25) is 0 Å². The molecular weight excluding hydrogens is 499 g/mol. The third-order valence-corrected chi connectivity index (χ3v) is 6.09. The summed E-state index contributed by atoms with van der Waals surface area (Å²) < 4.78 is 11.1. The fourth-order valence-electron chi connectivity index (χ4n) is 3.82. The average molecular weight is 542 g/mol. The molecule has 0 saturated carbocycles. The highest BCUT2D eigenvalue weighted by atomic mass is 35.5. The molecule has 0 aliphatic rings. The van der Waals surface area contributed by atoms with E-state index in [1.807, 2.05) is 88.6 Å². The van der Waals surface area contributed by atoms with Crippen LogP contribution >= 0.6 is 24.8 Å². The zero-order valence-corrected chi connectivity index (χ0v) is 23.6. The summed E-state index contributed by atoms with van der Waals surface area (Å²) in [5.41, 5.74) is 2.00. The van der Waals surface area contributed by atoms with E-state index in [1.165, 1.54) is 0 Å². The quantitative estimate of drug-likeness (QED) is 0.290. The van der Waals surface area contributed by atoms with Crippen molar-refractivity contribution in [3.8, 4) is 0 Å². The third-order valence-electron chi connectivity index (χ3n) is 6.09. The van der Waals surface area contributed by atoms with Gasteiger partial charge in [0.05, 0.1) is 11.8 Å². The molecule has 0 aromatic heterocycles. The first-order chi connectivity index (χ1) is 16.5. The van der Waals surface area contributed by atoms with Crippen LogP contribution in [0.3, 0.4) is 0 Å². The highest BCUT2D eigenvalue weighted by molar-refractivity contribution is 5.85. The lowest BCUT2D eigenvalue weighted by Crippen LogP contribution is -2.35. The Morgan fingerprint density at radius 1 is 0.639 bits per heavy atom. The van der Waals surface area contributed by atoms with E-state index in [9.17, 15) is 9.59 Å². The number of carbonyl (C=O) groups is 2. The molecule has 0 radical (unpaired) electrons. The Morgan fingerprint density at radius 2 is 0.972 bits per heavy atom. The van der Waals surface area contributed by atoms with Gasteiger partial charge in [0.1, 0.15) is 13.2 Å². The van der Waals surface area contributed by atoms with Crippen molar-refractivity contribution in [2.24, 2.45) is 0 Å². The molecule has 6 nitrogen and oxygen atoms in total. The minimum Gasteiger partial charge on any atom is -0.464 e. The molecule has 0 saturated heterocycles. The topological polar surface area (TPSA) is 59.1 Å². The highest BCUT2D eigenvalue weighted by Gasteiger charge is 2.21. The molecule has 0 heterocycles. The van der Waals surface area contributed by atoms with E-state index in [1.54, 1.807) is 0 Å². The van der Waals surface area contributed by atoms with Gasteiger partial charge >= 0.3 is 11.9 Å². The summed E-state index contributed by atoms with van der Waals surface area (Å²) in [5.74, 6) is -0.757. The second-order valence-electron chi connectivity index (χ2n) is 8.68. The van der Waals surface area contributed by atoms with Crippen LogP contribution < -0.4 is 0 Å². The van der Waals surface area contributed by atoms with Crippen LogP contribution in [0.2, 0.25) is 0 Å². The number of halogens is 2. The largest absolute Gasteiger partial charge is 0.464 e. The van der Waals surface area contributed by atoms with Crippen LogP contribution in [0.4, 0.5) is 0 Å². The standard InChI is InChI=1S/C28H40N2O4.2ClH/c1-5-25(23-13-9-7-10-14-23)27(31)33-21-19-29(3)17-18-30(4)20-22-34-28(32)26(6-2)24-15-11-8-12-16-24;;/h7-16,25-26H,5-6,17-22H2,1-4H3;2*1H. The van der Waals surface area contributed by atoms with Gasteiger partial charge in [-0.25, -0.2) is 0 Å². The van der Waals surface area contributed by atoms with Gasteiger partial charge in [-0.1, -0.05) is 74.5 Å². The van der Waals surface area contributed by atoms with E-state index in [0.717, 1.165) is 37.1 Å². The molecule has 0 spiro atoms. The normalized spacial score (nSPS) is 12.3. The molecule has 0 aliphatic carbocycles. The predicted molar refractivity (Wildman–Crippen MR) is 150 cm³/mol. The average Bonchev–Trinajstić information content (AvgIpc) is 2.85. The molecule has 2 atom stereocenters. The third kappa shape index (κ3) is 11.7. The van der Waals surface area contributed by atoms with Crippen molar-refractivity contribution in [2.45, 2.75) is 38.5 Å². The number of hydrogen-bond donors (Lipinski definition) is 0. The fraction of sp³-hybridized carbons (Fsp3) is 0.500. The molecule has 2 aromatic rings. The van der Waals surface area contributed by atoms with Crippen LogP contribution in [0.15, 0.2) is 60.7 Å². The van der Waals surface area contributed by atoms with Gasteiger partial charge in [-0.15, -0.1) is 24.8 Å². The Hall–Kier alpha value is -2.12. The van der Waals surface area contributed by atoms with Crippen molar-refractivity contribution in [3.05, 3.63) is 71.8 Å². The zero-order chi connectivity index (χ0) is 24.8. The number of nitrogens with zero attached hydrogens (tertiary/aromatic N) is 2. The van der Waals surface area contributed by atoms with Crippen molar-refractivity contribution in [1.29, 1.82) is 0 Å². The second kappa shape index (κ2) is 19.1. The van der Waals surface area contributed by atoms with Gasteiger partial charge in [0, 0.05) is 26.2 Å². The van der Waals surface area contributed by atoms with Gasteiger partial charge in [-0.3, -0.25) is 9.59 Å². The first-order valence-corrected chi connectivity index (χ1v) is 12.3. The SMILES string of the molecule is CCC(C(=O)OCCN(C)CCN(C)CCOC(=O)C(CC)c1ccccc1)c1ccccc1.Cl.Cl. The Bertz CT molecular complexity index is 784. The minimum absolute atomic E-state index is 0. The maximum absolute atomic E-state index is 12.5. The smallest absolute Gasteiger partial charge is 0.313 e. The number of hydrogen-bond acceptors (Lipinski definition) is 6. The number of benzene rings is 2. The number of likely N-dealkylation sites (N-methyl/N-ethyl adjacent to an activating group) is 2.